The number of halogens is 1. The average Bonchev–Trinajstić information content (AvgIpc) is 3.29. The van der Waals surface area contributed by atoms with E-state index in [1.54, 1.807) is 0 Å². The van der Waals surface area contributed by atoms with Crippen LogP contribution in [-0.4, -0.2) is 37.6 Å². The third-order valence-electron chi connectivity index (χ3n) is 4.87. The Bertz CT molecular complexity index is 1390. The van der Waals surface area contributed by atoms with Gasteiger partial charge in [-0.25, -0.2) is 5.43 Å². The monoisotopic (exact) mass is 506 g/mol. The standard InChI is InChI=1S/C24H19ClN6O3S/c1-16-7-9-19(10-8-16)30-23(17-5-3-2-4-6-17)28-29-24(30)35-15-22(32)27-26-14-18-13-20(31(33)34)11-12-21(18)25/h2-14H,15H2,1H3,(H,27,32)/b26-14+. The van der Waals surface area contributed by atoms with Gasteiger partial charge in [-0.05, 0) is 25.1 Å². The first-order valence-electron chi connectivity index (χ1n) is 10.4. The van der Waals surface area contributed by atoms with E-state index in [-0.39, 0.29) is 22.4 Å². The van der Waals surface area contributed by atoms with Crippen LogP contribution < -0.4 is 5.43 Å². The van der Waals surface area contributed by atoms with Crippen LogP contribution in [0.5, 0.6) is 0 Å². The summed E-state index contributed by atoms with van der Waals surface area (Å²) in [5.41, 5.74) is 5.50. The zero-order valence-electron chi connectivity index (χ0n) is 18.5. The lowest BCUT2D eigenvalue weighted by molar-refractivity contribution is -0.384. The van der Waals surface area contributed by atoms with Crippen LogP contribution >= 0.6 is 23.4 Å². The molecule has 35 heavy (non-hydrogen) atoms. The van der Waals surface area contributed by atoms with Crippen LogP contribution in [0.2, 0.25) is 5.02 Å². The van der Waals surface area contributed by atoms with Crippen molar-refractivity contribution < 1.29 is 9.72 Å². The molecule has 0 saturated carbocycles. The van der Waals surface area contributed by atoms with Crippen molar-refractivity contribution in [3.63, 3.8) is 0 Å². The van der Waals surface area contributed by atoms with Gasteiger partial charge in [0.05, 0.1) is 16.9 Å². The van der Waals surface area contributed by atoms with Gasteiger partial charge in [0.15, 0.2) is 11.0 Å². The van der Waals surface area contributed by atoms with E-state index in [2.05, 4.69) is 20.7 Å². The molecular weight excluding hydrogens is 488 g/mol. The summed E-state index contributed by atoms with van der Waals surface area (Å²) in [6.45, 7) is 2.01. The molecule has 0 bridgehead atoms. The summed E-state index contributed by atoms with van der Waals surface area (Å²) >= 11 is 7.26. The van der Waals surface area contributed by atoms with Crippen LogP contribution in [0.25, 0.3) is 17.1 Å². The molecule has 0 fully saturated rings. The topological polar surface area (TPSA) is 115 Å². The van der Waals surface area contributed by atoms with Gasteiger partial charge in [0.1, 0.15) is 0 Å². The van der Waals surface area contributed by atoms with E-state index in [0.29, 0.717) is 16.5 Å². The molecule has 11 heteroatoms. The molecule has 0 spiro atoms. The van der Waals surface area contributed by atoms with Crippen molar-refractivity contribution in [2.24, 2.45) is 5.10 Å². The fourth-order valence-electron chi connectivity index (χ4n) is 3.14. The number of hydrogen-bond acceptors (Lipinski definition) is 7. The first-order valence-corrected chi connectivity index (χ1v) is 11.8. The van der Waals surface area contributed by atoms with Crippen LogP contribution in [0.3, 0.4) is 0 Å². The summed E-state index contributed by atoms with van der Waals surface area (Å²) in [4.78, 5) is 22.8. The Morgan fingerprint density at radius 3 is 2.60 bits per heavy atom. The van der Waals surface area contributed by atoms with Crippen molar-refractivity contribution in [1.29, 1.82) is 0 Å². The second kappa shape index (κ2) is 10.9. The third kappa shape index (κ3) is 5.92. The van der Waals surface area contributed by atoms with E-state index in [1.807, 2.05) is 66.1 Å². The van der Waals surface area contributed by atoms with E-state index in [1.165, 1.54) is 36.2 Å². The number of nitro groups is 1. The molecule has 1 amide bonds. The highest BCUT2D eigenvalue weighted by molar-refractivity contribution is 7.99. The van der Waals surface area contributed by atoms with Crippen LogP contribution in [-0.2, 0) is 4.79 Å². The summed E-state index contributed by atoms with van der Waals surface area (Å²) in [6.07, 6.45) is 1.26. The van der Waals surface area contributed by atoms with E-state index < -0.39 is 4.92 Å². The number of amides is 1. The number of nitrogens with zero attached hydrogens (tertiary/aromatic N) is 5. The summed E-state index contributed by atoms with van der Waals surface area (Å²) < 4.78 is 1.90. The molecule has 1 N–H and O–H groups in total. The number of nitro benzene ring substituents is 1. The minimum absolute atomic E-state index is 0.0266. The Hall–Kier alpha value is -4.02. The molecule has 1 heterocycles. The first kappa shape index (κ1) is 24.1. The van der Waals surface area contributed by atoms with E-state index in [4.69, 9.17) is 11.6 Å². The average molecular weight is 507 g/mol. The minimum Gasteiger partial charge on any atom is -0.272 e. The Morgan fingerprint density at radius 1 is 1.14 bits per heavy atom. The molecule has 0 aliphatic carbocycles. The van der Waals surface area contributed by atoms with Gasteiger partial charge in [-0.2, -0.15) is 5.10 Å². The maximum Gasteiger partial charge on any atom is 0.270 e. The molecule has 3 aromatic carbocycles. The van der Waals surface area contributed by atoms with Crippen molar-refractivity contribution in [1.82, 2.24) is 20.2 Å². The maximum absolute atomic E-state index is 12.4. The second-order valence-electron chi connectivity index (χ2n) is 7.39. The van der Waals surface area contributed by atoms with Gasteiger partial charge in [0.25, 0.3) is 11.6 Å². The zero-order valence-corrected chi connectivity index (χ0v) is 20.0. The van der Waals surface area contributed by atoms with Gasteiger partial charge in [0, 0.05) is 34.0 Å². The SMILES string of the molecule is Cc1ccc(-n2c(SCC(=O)N/N=C/c3cc([N+](=O)[O-])ccc3Cl)nnc2-c2ccccc2)cc1. The molecule has 0 saturated heterocycles. The highest BCUT2D eigenvalue weighted by atomic mass is 35.5. The summed E-state index contributed by atoms with van der Waals surface area (Å²) in [6, 6.07) is 21.6. The maximum atomic E-state index is 12.4. The number of aryl methyl sites for hydroxylation is 1. The van der Waals surface area contributed by atoms with Crippen LogP contribution in [0.4, 0.5) is 5.69 Å². The lowest BCUT2D eigenvalue weighted by Gasteiger charge is -2.10. The highest BCUT2D eigenvalue weighted by Crippen LogP contribution is 2.28. The fourth-order valence-corrected chi connectivity index (χ4v) is 4.05. The largest absolute Gasteiger partial charge is 0.272 e. The van der Waals surface area contributed by atoms with Gasteiger partial charge in [0.2, 0.25) is 0 Å². The van der Waals surface area contributed by atoms with Gasteiger partial charge >= 0.3 is 0 Å². The number of carbonyl (C=O) groups excluding carboxylic acids is 1. The van der Waals surface area contributed by atoms with Crippen LogP contribution in [0, 0.1) is 17.0 Å². The molecular formula is C24H19ClN6O3S. The van der Waals surface area contributed by atoms with E-state index in [9.17, 15) is 14.9 Å². The second-order valence-corrected chi connectivity index (χ2v) is 8.74. The van der Waals surface area contributed by atoms with E-state index >= 15 is 0 Å². The Morgan fingerprint density at radius 2 is 1.89 bits per heavy atom. The van der Waals surface area contributed by atoms with Crippen LogP contribution in [0.1, 0.15) is 11.1 Å². The number of hydrazone groups is 1. The zero-order chi connectivity index (χ0) is 24.8. The summed E-state index contributed by atoms with van der Waals surface area (Å²) in [7, 11) is 0. The van der Waals surface area contributed by atoms with Crippen molar-refractivity contribution in [3.8, 4) is 17.1 Å². The normalized spacial score (nSPS) is 11.0. The van der Waals surface area contributed by atoms with E-state index in [0.717, 1.165) is 16.8 Å². The lowest BCUT2D eigenvalue weighted by Crippen LogP contribution is -2.20. The number of carbonyl (C=O) groups is 1. The molecule has 0 atom stereocenters. The molecule has 0 aliphatic rings. The molecule has 4 aromatic rings. The molecule has 0 radical (unpaired) electrons. The molecule has 1 aromatic heterocycles. The Labute approximate surface area is 210 Å². The molecule has 0 unspecified atom stereocenters. The van der Waals surface area contributed by atoms with Crippen molar-refractivity contribution in [2.75, 3.05) is 5.75 Å². The molecule has 4 rings (SSSR count). The fraction of sp³-hybridized carbons (Fsp3) is 0.0833. The predicted molar refractivity (Wildman–Crippen MR) is 136 cm³/mol. The summed E-state index contributed by atoms with van der Waals surface area (Å²) in [5.74, 6) is 0.307. The number of non-ortho nitro benzene ring substituents is 1. The lowest BCUT2D eigenvalue weighted by atomic mass is 10.2. The van der Waals surface area contributed by atoms with Gasteiger partial charge in [-0.15, -0.1) is 10.2 Å². The van der Waals surface area contributed by atoms with Crippen molar-refractivity contribution >= 4 is 41.2 Å². The third-order valence-corrected chi connectivity index (χ3v) is 6.15. The number of rotatable bonds is 8. The Kier molecular flexibility index (Phi) is 7.54. The highest BCUT2D eigenvalue weighted by Gasteiger charge is 2.17. The number of aromatic nitrogens is 3. The number of benzene rings is 3. The minimum atomic E-state index is -0.531. The number of thioether (sulfide) groups is 1. The van der Waals surface area contributed by atoms with Gasteiger partial charge in [-0.3, -0.25) is 19.5 Å². The first-order chi connectivity index (χ1) is 16.9. The number of nitrogens with one attached hydrogen (secondary N) is 1. The van der Waals surface area contributed by atoms with Crippen molar-refractivity contribution in [2.45, 2.75) is 12.1 Å². The quantitative estimate of drug-likeness (QED) is 0.155. The van der Waals surface area contributed by atoms with Gasteiger partial charge < -0.3 is 0 Å². The Balaban J connectivity index is 1.49. The van der Waals surface area contributed by atoms with Crippen LogP contribution in [0.15, 0.2) is 83.1 Å². The molecule has 0 aliphatic heterocycles. The molecule has 176 valence electrons. The van der Waals surface area contributed by atoms with Crippen molar-refractivity contribution in [3.05, 3.63) is 99.1 Å². The summed E-state index contributed by atoms with van der Waals surface area (Å²) in [5, 5.41) is 24.3. The smallest absolute Gasteiger partial charge is 0.270 e. The van der Waals surface area contributed by atoms with Gasteiger partial charge in [-0.1, -0.05) is 71.4 Å². The number of hydrogen-bond donors (Lipinski definition) is 1. The predicted octanol–water partition coefficient (Wildman–Crippen LogP) is 5.05. The molecule has 9 nitrogen and oxygen atoms in total.